The van der Waals surface area contributed by atoms with E-state index in [0.717, 1.165) is 32.2 Å². The van der Waals surface area contributed by atoms with E-state index in [2.05, 4.69) is 5.32 Å². The van der Waals surface area contributed by atoms with E-state index < -0.39 is 0 Å². The van der Waals surface area contributed by atoms with Crippen molar-refractivity contribution in [3.8, 4) is 0 Å². The lowest BCUT2D eigenvalue weighted by Crippen LogP contribution is -2.38. The average Bonchev–Trinajstić information content (AvgIpc) is 2.84. The number of amides is 2. The largest absolute Gasteiger partial charge is 0.330 e. The SMILES string of the molecule is NCCCC1CCCN1C(=O)Nc1cccc(F)c1. The molecule has 3 N–H and O–H groups in total. The Hall–Kier alpha value is -1.62. The van der Waals surface area contributed by atoms with Gasteiger partial charge in [0.25, 0.3) is 0 Å². The summed E-state index contributed by atoms with van der Waals surface area (Å²) in [7, 11) is 0. The summed E-state index contributed by atoms with van der Waals surface area (Å²) in [5.74, 6) is -0.348. The Labute approximate surface area is 112 Å². The molecule has 1 aromatic rings. The van der Waals surface area contributed by atoms with Crippen LogP contribution in [0, 0.1) is 5.82 Å². The van der Waals surface area contributed by atoms with Gasteiger partial charge < -0.3 is 16.0 Å². The number of rotatable bonds is 4. The zero-order valence-electron chi connectivity index (χ0n) is 10.9. The molecule has 0 aromatic heterocycles. The van der Waals surface area contributed by atoms with Crippen molar-refractivity contribution in [1.29, 1.82) is 0 Å². The van der Waals surface area contributed by atoms with Crippen molar-refractivity contribution in [3.63, 3.8) is 0 Å². The van der Waals surface area contributed by atoms with Crippen molar-refractivity contribution < 1.29 is 9.18 Å². The maximum Gasteiger partial charge on any atom is 0.322 e. The molecule has 2 rings (SSSR count). The number of halogens is 1. The summed E-state index contributed by atoms with van der Waals surface area (Å²) in [6, 6.07) is 6.06. The number of nitrogens with zero attached hydrogens (tertiary/aromatic N) is 1. The molecule has 0 spiro atoms. The fourth-order valence-electron chi connectivity index (χ4n) is 2.52. The molecule has 5 heteroatoms. The maximum absolute atomic E-state index is 13.1. The Balaban J connectivity index is 1.95. The number of hydrogen-bond donors (Lipinski definition) is 2. The molecular formula is C14H20FN3O. The first-order chi connectivity index (χ1) is 9.20. The summed E-state index contributed by atoms with van der Waals surface area (Å²) >= 11 is 0. The zero-order chi connectivity index (χ0) is 13.7. The third kappa shape index (κ3) is 3.67. The van der Waals surface area contributed by atoms with E-state index in [9.17, 15) is 9.18 Å². The molecule has 1 aliphatic rings. The molecular weight excluding hydrogens is 245 g/mol. The highest BCUT2D eigenvalue weighted by atomic mass is 19.1. The lowest BCUT2D eigenvalue weighted by molar-refractivity contribution is 0.203. The minimum atomic E-state index is -0.348. The average molecular weight is 265 g/mol. The molecule has 19 heavy (non-hydrogen) atoms. The summed E-state index contributed by atoms with van der Waals surface area (Å²) < 4.78 is 13.1. The van der Waals surface area contributed by atoms with Crippen LogP contribution in [0.15, 0.2) is 24.3 Å². The number of anilines is 1. The van der Waals surface area contributed by atoms with Crippen molar-refractivity contribution in [2.75, 3.05) is 18.4 Å². The van der Waals surface area contributed by atoms with Gasteiger partial charge >= 0.3 is 6.03 Å². The lowest BCUT2D eigenvalue weighted by Gasteiger charge is -2.25. The van der Waals surface area contributed by atoms with Gasteiger partial charge in [0.05, 0.1) is 0 Å². The minimum absolute atomic E-state index is 0.148. The van der Waals surface area contributed by atoms with E-state index in [1.54, 1.807) is 12.1 Å². The van der Waals surface area contributed by atoms with E-state index in [1.165, 1.54) is 12.1 Å². The van der Waals surface area contributed by atoms with Crippen LogP contribution in [-0.4, -0.2) is 30.1 Å². The van der Waals surface area contributed by atoms with Crippen LogP contribution in [0.25, 0.3) is 0 Å². The van der Waals surface area contributed by atoms with Gasteiger partial charge in [0.1, 0.15) is 5.82 Å². The predicted octanol–water partition coefficient (Wildman–Crippen LogP) is 2.56. The van der Waals surface area contributed by atoms with Gasteiger partial charge in [0.15, 0.2) is 0 Å². The van der Waals surface area contributed by atoms with Crippen molar-refractivity contribution >= 4 is 11.7 Å². The number of carbonyl (C=O) groups excluding carboxylic acids is 1. The van der Waals surface area contributed by atoms with Gasteiger partial charge in [0, 0.05) is 18.3 Å². The topological polar surface area (TPSA) is 58.4 Å². The molecule has 0 bridgehead atoms. The molecule has 2 amide bonds. The molecule has 1 fully saturated rings. The van der Waals surface area contributed by atoms with Crippen molar-refractivity contribution in [2.24, 2.45) is 5.73 Å². The third-order valence-corrected chi connectivity index (χ3v) is 3.46. The fourth-order valence-corrected chi connectivity index (χ4v) is 2.52. The maximum atomic E-state index is 13.1. The van der Waals surface area contributed by atoms with E-state index in [4.69, 9.17) is 5.73 Å². The number of urea groups is 1. The molecule has 1 saturated heterocycles. The summed E-state index contributed by atoms with van der Waals surface area (Å²) in [6.45, 7) is 1.41. The van der Waals surface area contributed by atoms with Crippen LogP contribution in [0.1, 0.15) is 25.7 Å². The van der Waals surface area contributed by atoms with Crippen LogP contribution in [0.3, 0.4) is 0 Å². The molecule has 0 radical (unpaired) electrons. The first-order valence-electron chi connectivity index (χ1n) is 6.74. The molecule has 1 aromatic carbocycles. The van der Waals surface area contributed by atoms with E-state index >= 15 is 0 Å². The monoisotopic (exact) mass is 265 g/mol. The Morgan fingerprint density at radius 2 is 2.37 bits per heavy atom. The number of nitrogens with two attached hydrogens (primary N) is 1. The van der Waals surface area contributed by atoms with Crippen molar-refractivity contribution in [2.45, 2.75) is 31.7 Å². The fraction of sp³-hybridized carbons (Fsp3) is 0.500. The standard InChI is InChI=1S/C14H20FN3O/c15-11-4-1-5-12(10-11)17-14(19)18-9-3-7-13(18)6-2-8-16/h1,4-5,10,13H,2-3,6-9,16H2,(H,17,19). The Bertz CT molecular complexity index is 438. The highest BCUT2D eigenvalue weighted by Crippen LogP contribution is 2.22. The second kappa shape index (κ2) is 6.52. The normalized spacial score (nSPS) is 18.6. The van der Waals surface area contributed by atoms with E-state index in [1.807, 2.05) is 4.90 Å². The van der Waals surface area contributed by atoms with Crippen LogP contribution < -0.4 is 11.1 Å². The minimum Gasteiger partial charge on any atom is -0.330 e. The van der Waals surface area contributed by atoms with Crippen LogP contribution in [0.4, 0.5) is 14.9 Å². The van der Waals surface area contributed by atoms with Crippen LogP contribution in [-0.2, 0) is 0 Å². The predicted molar refractivity (Wildman–Crippen MR) is 73.4 cm³/mol. The summed E-state index contributed by atoms with van der Waals surface area (Å²) in [5.41, 5.74) is 6.00. The molecule has 1 heterocycles. The van der Waals surface area contributed by atoms with Gasteiger partial charge in [0.2, 0.25) is 0 Å². The first kappa shape index (κ1) is 13.8. The quantitative estimate of drug-likeness (QED) is 0.879. The highest BCUT2D eigenvalue weighted by Gasteiger charge is 2.28. The molecule has 4 nitrogen and oxygen atoms in total. The molecule has 1 atom stereocenters. The number of hydrogen-bond acceptors (Lipinski definition) is 2. The van der Waals surface area contributed by atoms with Gasteiger partial charge in [-0.05, 0) is 50.4 Å². The second-order valence-electron chi connectivity index (χ2n) is 4.86. The first-order valence-corrected chi connectivity index (χ1v) is 6.74. The molecule has 1 aliphatic heterocycles. The van der Waals surface area contributed by atoms with Gasteiger partial charge in [-0.15, -0.1) is 0 Å². The van der Waals surface area contributed by atoms with Crippen LogP contribution in [0.5, 0.6) is 0 Å². The third-order valence-electron chi connectivity index (χ3n) is 3.46. The zero-order valence-corrected chi connectivity index (χ0v) is 10.9. The second-order valence-corrected chi connectivity index (χ2v) is 4.86. The number of likely N-dealkylation sites (tertiary alicyclic amines) is 1. The number of nitrogens with one attached hydrogen (secondary N) is 1. The smallest absolute Gasteiger partial charge is 0.322 e. The van der Waals surface area contributed by atoms with Gasteiger partial charge in [-0.25, -0.2) is 9.18 Å². The summed E-state index contributed by atoms with van der Waals surface area (Å²) in [6.07, 6.45) is 3.91. The van der Waals surface area contributed by atoms with Crippen LogP contribution >= 0.6 is 0 Å². The summed E-state index contributed by atoms with van der Waals surface area (Å²) in [4.78, 5) is 14.0. The number of benzene rings is 1. The highest BCUT2D eigenvalue weighted by molar-refractivity contribution is 5.89. The van der Waals surface area contributed by atoms with Crippen molar-refractivity contribution in [1.82, 2.24) is 4.90 Å². The van der Waals surface area contributed by atoms with E-state index in [-0.39, 0.29) is 17.9 Å². The molecule has 0 saturated carbocycles. The molecule has 1 unspecified atom stereocenters. The summed E-state index contributed by atoms with van der Waals surface area (Å²) in [5, 5.41) is 2.75. The van der Waals surface area contributed by atoms with Gasteiger partial charge in [-0.1, -0.05) is 6.07 Å². The Morgan fingerprint density at radius 3 is 3.11 bits per heavy atom. The molecule has 104 valence electrons. The Kier molecular flexibility index (Phi) is 4.74. The Morgan fingerprint density at radius 1 is 1.53 bits per heavy atom. The van der Waals surface area contributed by atoms with Crippen LogP contribution in [0.2, 0.25) is 0 Å². The lowest BCUT2D eigenvalue weighted by atomic mass is 10.1. The number of carbonyl (C=O) groups is 1. The molecule has 0 aliphatic carbocycles. The van der Waals surface area contributed by atoms with E-state index in [0.29, 0.717) is 12.2 Å². The van der Waals surface area contributed by atoms with Gasteiger partial charge in [-0.3, -0.25) is 0 Å². The van der Waals surface area contributed by atoms with Gasteiger partial charge in [-0.2, -0.15) is 0 Å². The van der Waals surface area contributed by atoms with Crippen molar-refractivity contribution in [3.05, 3.63) is 30.1 Å².